The summed E-state index contributed by atoms with van der Waals surface area (Å²) < 4.78 is 13.5. The fraction of sp³-hybridized carbons (Fsp3) is 0.500. The molecule has 1 aromatic heterocycles. The first-order valence-electron chi connectivity index (χ1n) is 5.33. The first kappa shape index (κ1) is 9.50. The molecule has 16 heavy (non-hydrogen) atoms. The molecular formula is C10H11FN5. The molecule has 0 spiro atoms. The van der Waals surface area contributed by atoms with Gasteiger partial charge >= 0.3 is 0 Å². The molecule has 1 aliphatic heterocycles. The van der Waals surface area contributed by atoms with Gasteiger partial charge in [0, 0.05) is 0 Å². The zero-order valence-corrected chi connectivity index (χ0v) is 8.60. The van der Waals surface area contributed by atoms with E-state index in [1.165, 1.54) is 12.7 Å². The Hall–Kier alpha value is -1.72. The third kappa shape index (κ3) is 1.50. The second-order valence-electron chi connectivity index (χ2n) is 3.97. The topological polar surface area (TPSA) is 64.3 Å². The Kier molecular flexibility index (Phi) is 2.19. The van der Waals surface area contributed by atoms with Gasteiger partial charge in [0.15, 0.2) is 17.3 Å². The minimum atomic E-state index is -0.798. The van der Waals surface area contributed by atoms with Gasteiger partial charge in [0.25, 0.3) is 0 Å². The summed E-state index contributed by atoms with van der Waals surface area (Å²) in [6.07, 6.45) is 4.43. The normalized spacial score (nSPS) is 26.6. The zero-order valence-electron chi connectivity index (χ0n) is 8.60. The van der Waals surface area contributed by atoms with Gasteiger partial charge in [0.1, 0.15) is 18.8 Å². The monoisotopic (exact) mass is 220 g/mol. The van der Waals surface area contributed by atoms with Crippen LogP contribution in [0, 0.1) is 0 Å². The quantitative estimate of drug-likeness (QED) is 0.824. The number of aromatic nitrogens is 2. The summed E-state index contributed by atoms with van der Waals surface area (Å²) in [6, 6.07) is -0.158. The van der Waals surface area contributed by atoms with E-state index in [0.29, 0.717) is 23.7 Å². The van der Waals surface area contributed by atoms with Gasteiger partial charge in [-0.15, -0.1) is 0 Å². The fourth-order valence-corrected chi connectivity index (χ4v) is 2.08. The largest absolute Gasteiger partial charge is 0.362 e. The molecule has 1 saturated carbocycles. The summed E-state index contributed by atoms with van der Waals surface area (Å²) >= 11 is 0. The molecule has 2 atom stereocenters. The van der Waals surface area contributed by atoms with Crippen molar-refractivity contribution in [2.75, 3.05) is 5.32 Å². The molecule has 2 aliphatic rings. The van der Waals surface area contributed by atoms with Gasteiger partial charge in [-0.1, -0.05) is 0 Å². The van der Waals surface area contributed by atoms with Gasteiger partial charge in [0.2, 0.25) is 0 Å². The summed E-state index contributed by atoms with van der Waals surface area (Å²) in [4.78, 5) is 12.1. The maximum atomic E-state index is 13.5. The van der Waals surface area contributed by atoms with Crippen LogP contribution in [0.1, 0.15) is 19.3 Å². The fourth-order valence-electron chi connectivity index (χ4n) is 2.08. The number of hydrogen-bond donors (Lipinski definition) is 1. The summed E-state index contributed by atoms with van der Waals surface area (Å²) in [5, 5.41) is 7.07. The Morgan fingerprint density at radius 1 is 1.31 bits per heavy atom. The van der Waals surface area contributed by atoms with Crippen LogP contribution in [0.3, 0.4) is 0 Å². The van der Waals surface area contributed by atoms with Crippen molar-refractivity contribution in [3.8, 4) is 0 Å². The number of alkyl halides is 1. The molecular weight excluding hydrogens is 209 g/mol. The average Bonchev–Trinajstić information content (AvgIpc) is 2.89. The van der Waals surface area contributed by atoms with Crippen molar-refractivity contribution in [3.05, 3.63) is 6.33 Å². The predicted octanol–water partition coefficient (Wildman–Crippen LogP) is 1.69. The van der Waals surface area contributed by atoms with E-state index >= 15 is 0 Å². The minimum Gasteiger partial charge on any atom is -0.362 e. The number of aliphatic imine (C=N–C) groups is 1. The number of halogens is 1. The third-order valence-electron chi connectivity index (χ3n) is 2.92. The molecule has 0 amide bonds. The lowest BCUT2D eigenvalue weighted by atomic mass is 10.2. The van der Waals surface area contributed by atoms with Crippen molar-refractivity contribution in [1.82, 2.24) is 15.3 Å². The van der Waals surface area contributed by atoms with Crippen LogP contribution in [-0.2, 0) is 0 Å². The van der Waals surface area contributed by atoms with Gasteiger partial charge in [-0.25, -0.2) is 24.7 Å². The van der Waals surface area contributed by atoms with E-state index in [0.717, 1.165) is 12.8 Å². The second kappa shape index (κ2) is 3.70. The van der Waals surface area contributed by atoms with Crippen LogP contribution in [0.5, 0.6) is 0 Å². The highest BCUT2D eigenvalue weighted by molar-refractivity contribution is 5.85. The van der Waals surface area contributed by atoms with Gasteiger partial charge < -0.3 is 5.32 Å². The Morgan fingerprint density at radius 2 is 2.25 bits per heavy atom. The number of fused-ring (bicyclic) bond motifs is 1. The maximum absolute atomic E-state index is 13.5. The molecule has 0 aromatic carbocycles. The summed E-state index contributed by atoms with van der Waals surface area (Å²) in [5.74, 6) is 1.13. The number of anilines is 1. The molecule has 3 rings (SSSR count). The van der Waals surface area contributed by atoms with Crippen LogP contribution < -0.4 is 10.6 Å². The van der Waals surface area contributed by atoms with Crippen LogP contribution in [-0.4, -0.2) is 28.5 Å². The first-order valence-corrected chi connectivity index (χ1v) is 5.33. The third-order valence-corrected chi connectivity index (χ3v) is 2.92. The number of nitrogens with one attached hydrogen (secondary N) is 1. The van der Waals surface area contributed by atoms with E-state index in [2.05, 4.69) is 25.6 Å². The van der Waals surface area contributed by atoms with Crippen molar-refractivity contribution < 1.29 is 4.39 Å². The molecule has 1 aliphatic carbocycles. The molecule has 1 N–H and O–H groups in total. The molecule has 0 unspecified atom stereocenters. The van der Waals surface area contributed by atoms with Crippen LogP contribution in [0.4, 0.5) is 21.7 Å². The Balaban J connectivity index is 1.84. The highest BCUT2D eigenvalue weighted by Crippen LogP contribution is 2.34. The van der Waals surface area contributed by atoms with E-state index in [-0.39, 0.29) is 6.04 Å². The van der Waals surface area contributed by atoms with Crippen molar-refractivity contribution in [2.45, 2.75) is 31.5 Å². The molecule has 2 heterocycles. The Morgan fingerprint density at radius 3 is 3.06 bits per heavy atom. The summed E-state index contributed by atoms with van der Waals surface area (Å²) in [7, 11) is 0. The lowest BCUT2D eigenvalue weighted by molar-refractivity contribution is 0.323. The molecule has 1 radical (unpaired) electrons. The molecule has 0 saturated heterocycles. The van der Waals surface area contributed by atoms with E-state index in [1.54, 1.807) is 0 Å². The highest BCUT2D eigenvalue weighted by Gasteiger charge is 2.28. The van der Waals surface area contributed by atoms with Crippen molar-refractivity contribution in [1.29, 1.82) is 0 Å². The molecule has 1 fully saturated rings. The zero-order chi connectivity index (χ0) is 11.0. The SMILES string of the molecule is F[C@@H]1CCC[C@@H]1Nc1ncnc2c1N=C[N]2. The van der Waals surface area contributed by atoms with Crippen molar-refractivity contribution in [3.63, 3.8) is 0 Å². The molecule has 5 nitrogen and oxygen atoms in total. The first-order chi connectivity index (χ1) is 7.84. The van der Waals surface area contributed by atoms with Crippen molar-refractivity contribution >= 4 is 23.7 Å². The summed E-state index contributed by atoms with van der Waals surface area (Å²) in [6.45, 7) is 0. The molecule has 83 valence electrons. The average molecular weight is 220 g/mol. The number of hydrogen-bond acceptors (Lipinski definition) is 4. The van der Waals surface area contributed by atoms with E-state index in [9.17, 15) is 4.39 Å². The summed E-state index contributed by atoms with van der Waals surface area (Å²) in [5.41, 5.74) is 0.613. The van der Waals surface area contributed by atoms with Crippen LogP contribution in [0.15, 0.2) is 11.3 Å². The Labute approximate surface area is 92.2 Å². The standard InChI is InChI=1S/C10H11FN5/c11-6-2-1-3-7(6)16-10-8-9(13-4-12-8)14-5-15-10/h4-7H,1-3H2,(H,14,15,16)/t6-,7+/m1/s1. The smallest absolute Gasteiger partial charge is 0.185 e. The van der Waals surface area contributed by atoms with E-state index in [4.69, 9.17) is 0 Å². The van der Waals surface area contributed by atoms with E-state index < -0.39 is 6.17 Å². The molecule has 0 bridgehead atoms. The number of rotatable bonds is 2. The van der Waals surface area contributed by atoms with Gasteiger partial charge in [-0.05, 0) is 19.3 Å². The second-order valence-corrected chi connectivity index (χ2v) is 3.97. The molecule has 1 aromatic rings. The van der Waals surface area contributed by atoms with Crippen LogP contribution >= 0.6 is 0 Å². The minimum absolute atomic E-state index is 0.158. The van der Waals surface area contributed by atoms with Crippen LogP contribution in [0.2, 0.25) is 0 Å². The van der Waals surface area contributed by atoms with E-state index in [1.807, 2.05) is 0 Å². The van der Waals surface area contributed by atoms with Crippen LogP contribution in [0.25, 0.3) is 0 Å². The molecule has 6 heteroatoms. The van der Waals surface area contributed by atoms with Crippen molar-refractivity contribution in [2.24, 2.45) is 4.99 Å². The Bertz CT molecular complexity index is 433. The number of nitrogens with zero attached hydrogens (tertiary/aromatic N) is 4. The highest BCUT2D eigenvalue weighted by atomic mass is 19.1. The van der Waals surface area contributed by atoms with Gasteiger partial charge in [0.05, 0.1) is 6.04 Å². The predicted molar refractivity (Wildman–Crippen MR) is 58.1 cm³/mol. The lowest BCUT2D eigenvalue weighted by Crippen LogP contribution is -2.25. The maximum Gasteiger partial charge on any atom is 0.185 e. The van der Waals surface area contributed by atoms with Gasteiger partial charge in [-0.3, -0.25) is 0 Å². The lowest BCUT2D eigenvalue weighted by Gasteiger charge is -2.16. The van der Waals surface area contributed by atoms with Gasteiger partial charge in [-0.2, -0.15) is 0 Å².